The Morgan fingerprint density at radius 3 is 2.38 bits per heavy atom. The van der Waals surface area contributed by atoms with Gasteiger partial charge in [0, 0.05) is 24.7 Å². The van der Waals surface area contributed by atoms with E-state index in [4.69, 9.17) is 4.42 Å². The van der Waals surface area contributed by atoms with Crippen molar-refractivity contribution in [3.8, 4) is 5.69 Å². The Balaban J connectivity index is 2.03. The summed E-state index contributed by atoms with van der Waals surface area (Å²) in [4.78, 5) is 25.4. The van der Waals surface area contributed by atoms with Crippen LogP contribution in [0.4, 0.5) is 0 Å². The van der Waals surface area contributed by atoms with Crippen LogP contribution in [0.1, 0.15) is 33.1 Å². The van der Waals surface area contributed by atoms with Crippen LogP contribution in [0.3, 0.4) is 0 Å². The lowest BCUT2D eigenvalue weighted by Crippen LogP contribution is -2.22. The average Bonchev–Trinajstić information content (AvgIpc) is 3.00. The van der Waals surface area contributed by atoms with Crippen LogP contribution in [-0.2, 0) is 13.5 Å². The van der Waals surface area contributed by atoms with Gasteiger partial charge in [0.2, 0.25) is 0 Å². The normalized spacial score (nSPS) is 11.0. The molecule has 0 aliphatic rings. The Labute approximate surface area is 140 Å². The van der Waals surface area contributed by atoms with Gasteiger partial charge >= 0.3 is 0 Å². The van der Waals surface area contributed by atoms with Crippen LogP contribution >= 0.6 is 0 Å². The molecule has 0 saturated carbocycles. The van der Waals surface area contributed by atoms with Crippen molar-refractivity contribution in [3.05, 3.63) is 75.1 Å². The highest BCUT2D eigenvalue weighted by Gasteiger charge is 2.21. The second-order valence-electron chi connectivity index (χ2n) is 5.97. The molecule has 0 aliphatic heterocycles. The number of hydrogen-bond acceptors (Lipinski definition) is 3. The van der Waals surface area contributed by atoms with Gasteiger partial charge in [-0.25, -0.2) is 4.68 Å². The van der Waals surface area contributed by atoms with Crippen molar-refractivity contribution in [2.75, 3.05) is 0 Å². The van der Waals surface area contributed by atoms with Crippen molar-refractivity contribution < 1.29 is 9.21 Å². The summed E-state index contributed by atoms with van der Waals surface area (Å²) in [5, 5.41) is 0. The van der Waals surface area contributed by atoms with E-state index in [2.05, 4.69) is 0 Å². The van der Waals surface area contributed by atoms with Crippen LogP contribution in [0, 0.1) is 20.8 Å². The Hall–Kier alpha value is -2.82. The summed E-state index contributed by atoms with van der Waals surface area (Å²) in [6.07, 6.45) is 0.0676. The Kier molecular flexibility index (Phi) is 4.01. The van der Waals surface area contributed by atoms with Crippen molar-refractivity contribution in [3.63, 3.8) is 0 Å². The Morgan fingerprint density at radius 1 is 1.12 bits per heavy atom. The van der Waals surface area contributed by atoms with Crippen molar-refractivity contribution in [1.29, 1.82) is 0 Å². The molecule has 1 aromatic carbocycles. The summed E-state index contributed by atoms with van der Waals surface area (Å²) >= 11 is 0. The molecule has 3 rings (SSSR count). The van der Waals surface area contributed by atoms with Crippen molar-refractivity contribution >= 4 is 5.78 Å². The minimum absolute atomic E-state index is 0.0676. The molecule has 0 radical (unpaired) electrons. The molecule has 0 fully saturated rings. The molecule has 0 spiro atoms. The summed E-state index contributed by atoms with van der Waals surface area (Å²) < 4.78 is 8.80. The number of Topliss-reactive ketones (excluding diaryl/α,β-unsaturated/α-hetero) is 1. The first kappa shape index (κ1) is 16.1. The monoisotopic (exact) mass is 324 g/mol. The lowest BCUT2D eigenvalue weighted by atomic mass is 10.0. The summed E-state index contributed by atoms with van der Waals surface area (Å²) in [6, 6.07) is 11.1. The first-order valence-corrected chi connectivity index (χ1v) is 7.83. The quantitative estimate of drug-likeness (QED) is 0.693. The van der Waals surface area contributed by atoms with Gasteiger partial charge in [0.25, 0.3) is 5.56 Å². The maximum atomic E-state index is 12.8. The standard InChI is InChI=1S/C19H20N2O3/c1-12-10-17(14(3)24-12)18(22)11-16-13(2)20(4)21(19(16)23)15-8-6-5-7-9-15/h5-10H,11H2,1-4H3. The van der Waals surface area contributed by atoms with Gasteiger partial charge in [-0.05, 0) is 39.0 Å². The molecule has 0 aliphatic carbocycles. The molecule has 2 aromatic heterocycles. The van der Waals surface area contributed by atoms with Crippen LogP contribution in [0.5, 0.6) is 0 Å². The van der Waals surface area contributed by atoms with Gasteiger partial charge in [0.15, 0.2) is 5.78 Å². The molecule has 0 saturated heterocycles. The minimum atomic E-state index is -0.160. The van der Waals surface area contributed by atoms with Crippen molar-refractivity contribution in [2.24, 2.45) is 7.05 Å². The van der Waals surface area contributed by atoms with E-state index in [-0.39, 0.29) is 17.8 Å². The van der Waals surface area contributed by atoms with Gasteiger partial charge in [-0.1, -0.05) is 18.2 Å². The maximum absolute atomic E-state index is 12.8. The molecule has 0 unspecified atom stereocenters. The fourth-order valence-corrected chi connectivity index (χ4v) is 2.99. The predicted molar refractivity (Wildman–Crippen MR) is 92.0 cm³/mol. The zero-order chi connectivity index (χ0) is 17.4. The number of furan rings is 1. The smallest absolute Gasteiger partial charge is 0.275 e. The van der Waals surface area contributed by atoms with E-state index in [1.807, 2.05) is 44.3 Å². The predicted octanol–water partition coefficient (Wildman–Crippen LogP) is 3.12. The number of ketones is 1. The fourth-order valence-electron chi connectivity index (χ4n) is 2.99. The summed E-state index contributed by atoms with van der Waals surface area (Å²) in [5.41, 5.74) is 2.47. The third-order valence-electron chi connectivity index (χ3n) is 4.35. The molecule has 124 valence electrons. The van der Waals surface area contributed by atoms with E-state index in [1.54, 1.807) is 29.3 Å². The van der Waals surface area contributed by atoms with E-state index >= 15 is 0 Å². The van der Waals surface area contributed by atoms with Crippen LogP contribution in [0.15, 0.2) is 45.6 Å². The minimum Gasteiger partial charge on any atom is -0.466 e. The summed E-state index contributed by atoms with van der Waals surface area (Å²) in [5.74, 6) is 1.19. The molecule has 3 aromatic rings. The highest BCUT2D eigenvalue weighted by molar-refractivity contribution is 5.98. The van der Waals surface area contributed by atoms with Gasteiger partial charge in [-0.3, -0.25) is 14.3 Å². The van der Waals surface area contributed by atoms with Gasteiger partial charge in [0.05, 0.1) is 11.3 Å². The van der Waals surface area contributed by atoms with Crippen LogP contribution in [0.2, 0.25) is 0 Å². The van der Waals surface area contributed by atoms with E-state index in [1.165, 1.54) is 0 Å². The number of aryl methyl sites for hydroxylation is 2. The summed E-state index contributed by atoms with van der Waals surface area (Å²) in [6.45, 7) is 5.43. The highest BCUT2D eigenvalue weighted by Crippen LogP contribution is 2.17. The largest absolute Gasteiger partial charge is 0.466 e. The molecule has 0 bridgehead atoms. The zero-order valence-electron chi connectivity index (χ0n) is 14.3. The molecule has 5 nitrogen and oxygen atoms in total. The van der Waals surface area contributed by atoms with E-state index in [0.717, 1.165) is 11.4 Å². The van der Waals surface area contributed by atoms with Crippen LogP contribution in [0.25, 0.3) is 5.69 Å². The molecule has 0 N–H and O–H groups in total. The second kappa shape index (κ2) is 6.00. The first-order chi connectivity index (χ1) is 11.4. The molecule has 2 heterocycles. The lowest BCUT2D eigenvalue weighted by molar-refractivity contribution is 0.0991. The summed E-state index contributed by atoms with van der Waals surface area (Å²) in [7, 11) is 1.82. The van der Waals surface area contributed by atoms with Gasteiger partial charge < -0.3 is 4.42 Å². The Morgan fingerprint density at radius 2 is 1.79 bits per heavy atom. The molecule has 0 atom stereocenters. The first-order valence-electron chi connectivity index (χ1n) is 7.83. The van der Waals surface area contributed by atoms with Gasteiger partial charge in [-0.15, -0.1) is 0 Å². The highest BCUT2D eigenvalue weighted by atomic mass is 16.3. The van der Waals surface area contributed by atoms with Crippen LogP contribution in [-0.4, -0.2) is 15.1 Å². The molecule has 24 heavy (non-hydrogen) atoms. The molecular weight excluding hydrogens is 304 g/mol. The second-order valence-corrected chi connectivity index (χ2v) is 5.97. The number of rotatable bonds is 4. The lowest BCUT2D eigenvalue weighted by Gasteiger charge is -2.07. The van der Waals surface area contributed by atoms with E-state index in [9.17, 15) is 9.59 Å². The fraction of sp³-hybridized carbons (Fsp3) is 0.263. The van der Waals surface area contributed by atoms with Crippen molar-refractivity contribution in [1.82, 2.24) is 9.36 Å². The number of aromatic nitrogens is 2. The molecular formula is C19H20N2O3. The molecule has 5 heteroatoms. The number of para-hydroxylation sites is 1. The number of carbonyl (C=O) groups excluding carboxylic acids is 1. The SMILES string of the molecule is Cc1cc(C(=O)Cc2c(C)n(C)n(-c3ccccc3)c2=O)c(C)o1. The van der Waals surface area contributed by atoms with Gasteiger partial charge in [-0.2, -0.15) is 0 Å². The Bertz CT molecular complexity index is 959. The topological polar surface area (TPSA) is 57.1 Å². The van der Waals surface area contributed by atoms with Crippen LogP contribution < -0.4 is 5.56 Å². The third-order valence-corrected chi connectivity index (χ3v) is 4.35. The van der Waals surface area contributed by atoms with E-state index < -0.39 is 0 Å². The number of nitrogens with zero attached hydrogens (tertiary/aromatic N) is 2. The maximum Gasteiger partial charge on any atom is 0.275 e. The number of benzene rings is 1. The molecule has 0 amide bonds. The third kappa shape index (κ3) is 2.62. The zero-order valence-corrected chi connectivity index (χ0v) is 14.3. The average molecular weight is 324 g/mol. The van der Waals surface area contributed by atoms with Crippen molar-refractivity contribution in [2.45, 2.75) is 27.2 Å². The van der Waals surface area contributed by atoms with E-state index in [0.29, 0.717) is 22.6 Å². The number of carbonyl (C=O) groups is 1. The number of hydrogen-bond donors (Lipinski definition) is 0. The van der Waals surface area contributed by atoms with Gasteiger partial charge in [0.1, 0.15) is 11.5 Å².